The zero-order valence-electron chi connectivity index (χ0n) is 9.33. The minimum atomic E-state index is -0.287. The predicted molar refractivity (Wildman–Crippen MR) is 66.7 cm³/mol. The molecule has 1 atom stereocenters. The molecule has 1 amide bonds. The average Bonchev–Trinajstić information content (AvgIpc) is 2.65. The van der Waals surface area contributed by atoms with Crippen molar-refractivity contribution in [3.8, 4) is 0 Å². The third kappa shape index (κ3) is 2.84. The average molecular weight is 301 g/mol. The van der Waals surface area contributed by atoms with Gasteiger partial charge in [-0.25, -0.2) is 4.39 Å². The van der Waals surface area contributed by atoms with Gasteiger partial charge < -0.3 is 10.6 Å². The minimum Gasteiger partial charge on any atom is -0.338 e. The van der Waals surface area contributed by atoms with Gasteiger partial charge in [-0.05, 0) is 36.2 Å². The monoisotopic (exact) mass is 300 g/mol. The number of halogens is 2. The topological polar surface area (TPSA) is 46.3 Å². The van der Waals surface area contributed by atoms with Crippen LogP contribution in [-0.4, -0.2) is 23.9 Å². The van der Waals surface area contributed by atoms with E-state index in [9.17, 15) is 9.18 Å². The van der Waals surface area contributed by atoms with Crippen molar-refractivity contribution in [2.75, 3.05) is 13.1 Å². The van der Waals surface area contributed by atoms with Crippen LogP contribution in [-0.2, 0) is 11.3 Å². The van der Waals surface area contributed by atoms with Crippen LogP contribution in [0.3, 0.4) is 0 Å². The van der Waals surface area contributed by atoms with Gasteiger partial charge in [0.05, 0.1) is 0 Å². The van der Waals surface area contributed by atoms with Crippen LogP contribution in [0.1, 0.15) is 12.0 Å². The van der Waals surface area contributed by atoms with E-state index in [4.69, 9.17) is 5.73 Å². The summed E-state index contributed by atoms with van der Waals surface area (Å²) in [6, 6.07) is 4.50. The highest BCUT2D eigenvalue weighted by Gasteiger charge is 2.28. The standard InChI is InChI=1S/C12H14BrFN2O/c13-11-2-1-10(14)4-9(11)7-16-6-8(5-15)3-12(16)17/h1-2,4,8H,3,5-7,15H2. The summed E-state index contributed by atoms with van der Waals surface area (Å²) in [6.07, 6.45) is 0.503. The van der Waals surface area contributed by atoms with Crippen molar-refractivity contribution in [3.63, 3.8) is 0 Å². The Labute approximate surface area is 108 Å². The van der Waals surface area contributed by atoms with Crippen LogP contribution in [0.25, 0.3) is 0 Å². The van der Waals surface area contributed by atoms with Gasteiger partial charge in [0, 0.05) is 24.0 Å². The molecule has 1 aliphatic heterocycles. The molecular weight excluding hydrogens is 287 g/mol. The van der Waals surface area contributed by atoms with Crippen molar-refractivity contribution in [1.29, 1.82) is 0 Å². The van der Waals surface area contributed by atoms with E-state index in [2.05, 4.69) is 15.9 Å². The second kappa shape index (κ2) is 5.14. The van der Waals surface area contributed by atoms with Gasteiger partial charge in [0.1, 0.15) is 5.82 Å². The third-order valence-electron chi connectivity index (χ3n) is 3.00. The number of nitrogens with two attached hydrogens (primary N) is 1. The van der Waals surface area contributed by atoms with Crippen LogP contribution in [0.4, 0.5) is 4.39 Å². The molecule has 1 aromatic carbocycles. The molecule has 1 aromatic rings. The minimum absolute atomic E-state index is 0.0941. The van der Waals surface area contributed by atoms with Gasteiger partial charge >= 0.3 is 0 Å². The van der Waals surface area contributed by atoms with Crippen LogP contribution >= 0.6 is 15.9 Å². The number of hydrogen-bond acceptors (Lipinski definition) is 2. The smallest absolute Gasteiger partial charge is 0.223 e. The maximum atomic E-state index is 13.1. The molecule has 1 aliphatic rings. The molecule has 92 valence electrons. The Morgan fingerprint density at radius 3 is 2.94 bits per heavy atom. The molecule has 0 spiro atoms. The Hall–Kier alpha value is -0.940. The summed E-state index contributed by atoms with van der Waals surface area (Å²) in [7, 11) is 0. The lowest BCUT2D eigenvalue weighted by atomic mass is 10.1. The Morgan fingerprint density at radius 1 is 1.53 bits per heavy atom. The van der Waals surface area contributed by atoms with Crippen LogP contribution in [0.15, 0.2) is 22.7 Å². The molecule has 5 heteroatoms. The number of amides is 1. The largest absolute Gasteiger partial charge is 0.338 e. The van der Waals surface area contributed by atoms with E-state index in [-0.39, 0.29) is 17.6 Å². The van der Waals surface area contributed by atoms with Gasteiger partial charge in [0.25, 0.3) is 0 Å². The lowest BCUT2D eigenvalue weighted by Crippen LogP contribution is -2.25. The van der Waals surface area contributed by atoms with Crippen LogP contribution in [0.5, 0.6) is 0 Å². The molecule has 1 unspecified atom stereocenters. The summed E-state index contributed by atoms with van der Waals surface area (Å²) < 4.78 is 13.9. The number of carbonyl (C=O) groups excluding carboxylic acids is 1. The first kappa shape index (κ1) is 12.5. The summed E-state index contributed by atoms with van der Waals surface area (Å²) in [6.45, 7) is 1.62. The molecule has 1 saturated heterocycles. The molecule has 0 radical (unpaired) electrons. The fourth-order valence-electron chi connectivity index (χ4n) is 2.03. The van der Waals surface area contributed by atoms with Gasteiger partial charge in [-0.15, -0.1) is 0 Å². The number of hydrogen-bond donors (Lipinski definition) is 1. The number of likely N-dealkylation sites (tertiary alicyclic amines) is 1. The summed E-state index contributed by atoms with van der Waals surface area (Å²) in [5, 5.41) is 0. The molecule has 0 saturated carbocycles. The SMILES string of the molecule is NCC1CC(=O)N(Cc2cc(F)ccc2Br)C1. The van der Waals surface area contributed by atoms with Gasteiger partial charge in [-0.3, -0.25) is 4.79 Å². The van der Waals surface area contributed by atoms with E-state index in [1.165, 1.54) is 12.1 Å². The van der Waals surface area contributed by atoms with E-state index >= 15 is 0 Å². The van der Waals surface area contributed by atoms with Crippen molar-refractivity contribution in [2.24, 2.45) is 11.7 Å². The molecule has 0 aliphatic carbocycles. The molecule has 0 bridgehead atoms. The molecule has 2 N–H and O–H groups in total. The summed E-state index contributed by atoms with van der Waals surface area (Å²) in [5.74, 6) is 0.0386. The second-order valence-electron chi connectivity index (χ2n) is 4.32. The van der Waals surface area contributed by atoms with E-state index in [1.54, 1.807) is 11.0 Å². The van der Waals surface area contributed by atoms with Gasteiger partial charge in [-0.1, -0.05) is 15.9 Å². The maximum Gasteiger partial charge on any atom is 0.223 e. The van der Waals surface area contributed by atoms with Crippen LogP contribution in [0.2, 0.25) is 0 Å². The van der Waals surface area contributed by atoms with Gasteiger partial charge in [-0.2, -0.15) is 0 Å². The summed E-state index contributed by atoms with van der Waals surface area (Å²) in [5.41, 5.74) is 6.35. The summed E-state index contributed by atoms with van der Waals surface area (Å²) >= 11 is 3.36. The Bertz CT molecular complexity index is 439. The van der Waals surface area contributed by atoms with Crippen molar-refractivity contribution in [3.05, 3.63) is 34.1 Å². The normalized spacial score (nSPS) is 20.1. The molecule has 3 nitrogen and oxygen atoms in total. The van der Waals surface area contributed by atoms with Crippen LogP contribution < -0.4 is 5.73 Å². The van der Waals surface area contributed by atoms with Crippen molar-refractivity contribution in [2.45, 2.75) is 13.0 Å². The molecule has 17 heavy (non-hydrogen) atoms. The molecular formula is C12H14BrFN2O. The van der Waals surface area contributed by atoms with Crippen molar-refractivity contribution >= 4 is 21.8 Å². The maximum absolute atomic E-state index is 13.1. The Kier molecular flexibility index (Phi) is 3.79. The molecule has 0 aromatic heterocycles. The lowest BCUT2D eigenvalue weighted by Gasteiger charge is -2.17. The fourth-order valence-corrected chi connectivity index (χ4v) is 2.41. The summed E-state index contributed by atoms with van der Waals surface area (Å²) in [4.78, 5) is 13.4. The van der Waals surface area contributed by atoms with Crippen molar-refractivity contribution in [1.82, 2.24) is 4.90 Å². The number of benzene rings is 1. The highest BCUT2D eigenvalue weighted by Crippen LogP contribution is 2.24. The zero-order chi connectivity index (χ0) is 12.4. The Balaban J connectivity index is 2.11. The van der Waals surface area contributed by atoms with E-state index < -0.39 is 0 Å². The van der Waals surface area contributed by atoms with Crippen LogP contribution in [0, 0.1) is 11.7 Å². The van der Waals surface area contributed by atoms with Gasteiger partial charge in [0.15, 0.2) is 0 Å². The predicted octanol–water partition coefficient (Wildman–Crippen LogP) is 1.90. The first-order valence-electron chi connectivity index (χ1n) is 5.52. The van der Waals surface area contributed by atoms with Gasteiger partial charge in [0.2, 0.25) is 5.91 Å². The second-order valence-corrected chi connectivity index (χ2v) is 5.17. The highest BCUT2D eigenvalue weighted by molar-refractivity contribution is 9.10. The first-order chi connectivity index (χ1) is 8.10. The quantitative estimate of drug-likeness (QED) is 0.927. The van der Waals surface area contributed by atoms with E-state index in [0.717, 1.165) is 10.0 Å². The Morgan fingerprint density at radius 2 is 2.29 bits per heavy atom. The third-order valence-corrected chi connectivity index (χ3v) is 3.77. The highest BCUT2D eigenvalue weighted by atomic mass is 79.9. The number of carbonyl (C=O) groups is 1. The molecule has 1 fully saturated rings. The van der Waals surface area contributed by atoms with E-state index in [0.29, 0.717) is 26.1 Å². The molecule has 2 rings (SSSR count). The molecule has 1 heterocycles. The number of nitrogens with zero attached hydrogens (tertiary/aromatic N) is 1. The number of rotatable bonds is 3. The zero-order valence-corrected chi connectivity index (χ0v) is 10.9. The first-order valence-corrected chi connectivity index (χ1v) is 6.31. The lowest BCUT2D eigenvalue weighted by molar-refractivity contribution is -0.128. The van der Waals surface area contributed by atoms with Crippen molar-refractivity contribution < 1.29 is 9.18 Å². The van der Waals surface area contributed by atoms with E-state index in [1.807, 2.05) is 0 Å². The fraction of sp³-hybridized carbons (Fsp3) is 0.417.